The molecule has 0 heterocycles. The third kappa shape index (κ3) is 6.39. The van der Waals surface area contributed by atoms with Gasteiger partial charge in [0.1, 0.15) is 5.75 Å². The van der Waals surface area contributed by atoms with E-state index in [2.05, 4.69) is 24.5 Å². The summed E-state index contributed by atoms with van der Waals surface area (Å²) in [6.07, 6.45) is 0.329. The number of amides is 2. The molecule has 0 radical (unpaired) electrons. The van der Waals surface area contributed by atoms with Crippen molar-refractivity contribution >= 4 is 17.5 Å². The number of rotatable bonds is 7. The van der Waals surface area contributed by atoms with Gasteiger partial charge in [-0.3, -0.25) is 9.59 Å². The maximum Gasteiger partial charge on any atom is 0.313 e. The van der Waals surface area contributed by atoms with E-state index in [4.69, 9.17) is 4.74 Å². The molecule has 3 N–H and O–H groups in total. The quantitative estimate of drug-likeness (QED) is 0.641. The second kappa shape index (κ2) is 9.37. The molecule has 0 spiro atoms. The number of nitrogens with one attached hydrogen (secondary N) is 2. The lowest BCUT2D eigenvalue weighted by Gasteiger charge is -2.23. The minimum atomic E-state index is -1.19. The van der Waals surface area contributed by atoms with Crippen LogP contribution in [-0.4, -0.2) is 36.2 Å². The van der Waals surface area contributed by atoms with E-state index in [9.17, 15) is 14.7 Å². The molecule has 0 aliphatic carbocycles. The third-order valence-corrected chi connectivity index (χ3v) is 4.42. The fourth-order valence-electron chi connectivity index (χ4n) is 2.74. The summed E-state index contributed by atoms with van der Waals surface area (Å²) in [7, 11) is 1.59. The normalized spacial score (nSPS) is 12.9. The van der Waals surface area contributed by atoms with Crippen LogP contribution in [0, 0.1) is 0 Å². The summed E-state index contributed by atoms with van der Waals surface area (Å²) in [5.41, 5.74) is 1.41. The van der Waals surface area contributed by atoms with Crippen molar-refractivity contribution in [2.75, 3.05) is 19.0 Å². The van der Waals surface area contributed by atoms with Gasteiger partial charge < -0.3 is 20.5 Å². The maximum absolute atomic E-state index is 12.1. The Morgan fingerprint density at radius 2 is 1.64 bits per heavy atom. The summed E-state index contributed by atoms with van der Waals surface area (Å²) in [5.74, 6) is -0.434. The summed E-state index contributed by atoms with van der Waals surface area (Å²) < 4.78 is 5.11. The average molecular weight is 384 g/mol. The Morgan fingerprint density at radius 3 is 2.18 bits per heavy atom. The number of carbonyl (C=O) groups excluding carboxylic acids is 2. The van der Waals surface area contributed by atoms with Crippen LogP contribution in [0.1, 0.15) is 37.8 Å². The van der Waals surface area contributed by atoms with Crippen molar-refractivity contribution in [3.63, 3.8) is 0 Å². The summed E-state index contributed by atoms with van der Waals surface area (Å²) in [4.78, 5) is 24.1. The Labute approximate surface area is 165 Å². The molecule has 1 atom stereocenters. The van der Waals surface area contributed by atoms with Crippen molar-refractivity contribution < 1.29 is 19.4 Å². The first-order chi connectivity index (χ1) is 13.2. The van der Waals surface area contributed by atoms with Gasteiger partial charge in [0.05, 0.1) is 12.7 Å². The number of aliphatic hydroxyl groups is 1. The van der Waals surface area contributed by atoms with Crippen molar-refractivity contribution in [2.45, 2.75) is 38.7 Å². The van der Waals surface area contributed by atoms with Crippen molar-refractivity contribution in [3.8, 4) is 5.75 Å². The highest BCUT2D eigenvalue weighted by Gasteiger charge is 2.24. The Bertz CT molecular complexity index is 796. The predicted octanol–water partition coefficient (Wildman–Crippen LogP) is 2.87. The molecule has 2 rings (SSSR count). The van der Waals surface area contributed by atoms with Gasteiger partial charge >= 0.3 is 11.8 Å². The molecular weight excluding hydrogens is 356 g/mol. The van der Waals surface area contributed by atoms with E-state index in [0.29, 0.717) is 18.0 Å². The first-order valence-corrected chi connectivity index (χ1v) is 9.24. The molecule has 0 saturated carbocycles. The van der Waals surface area contributed by atoms with Crippen LogP contribution in [0.5, 0.6) is 5.75 Å². The van der Waals surface area contributed by atoms with Crippen molar-refractivity contribution in [2.24, 2.45) is 0 Å². The number of hydrogen-bond acceptors (Lipinski definition) is 4. The molecule has 1 unspecified atom stereocenters. The van der Waals surface area contributed by atoms with Gasteiger partial charge in [-0.05, 0) is 48.2 Å². The number of anilines is 1. The van der Waals surface area contributed by atoms with Crippen molar-refractivity contribution in [1.29, 1.82) is 0 Å². The first-order valence-electron chi connectivity index (χ1n) is 9.24. The summed E-state index contributed by atoms with van der Waals surface area (Å²) in [6.45, 7) is 5.73. The fraction of sp³-hybridized carbons (Fsp3) is 0.364. The van der Waals surface area contributed by atoms with Gasteiger partial charge in [-0.1, -0.05) is 38.1 Å². The molecule has 2 aromatic carbocycles. The molecule has 6 nitrogen and oxygen atoms in total. The number of hydrogen-bond donors (Lipinski definition) is 3. The molecule has 0 bridgehead atoms. The van der Waals surface area contributed by atoms with E-state index in [0.717, 1.165) is 16.9 Å². The van der Waals surface area contributed by atoms with Gasteiger partial charge in [-0.25, -0.2) is 0 Å². The largest absolute Gasteiger partial charge is 0.497 e. The zero-order valence-corrected chi connectivity index (χ0v) is 16.8. The van der Waals surface area contributed by atoms with Crippen LogP contribution in [0.3, 0.4) is 0 Å². The van der Waals surface area contributed by atoms with E-state index in [1.807, 2.05) is 36.4 Å². The Kier molecular flexibility index (Phi) is 7.18. The molecule has 0 fully saturated rings. The molecule has 6 heteroatoms. The molecule has 28 heavy (non-hydrogen) atoms. The standard InChI is InChI=1S/C22H28N2O4/c1-15(2)17-7-9-18(10-8-17)24-21(26)20(25)23-14-22(3,27)13-16-5-11-19(28-4)12-6-16/h5-12,15,27H,13-14H2,1-4H3,(H,23,25)(H,24,26). The minimum Gasteiger partial charge on any atom is -0.497 e. The van der Waals surface area contributed by atoms with Gasteiger partial charge in [0.25, 0.3) is 0 Å². The van der Waals surface area contributed by atoms with Crippen LogP contribution in [-0.2, 0) is 16.0 Å². The van der Waals surface area contributed by atoms with Gasteiger partial charge in [-0.15, -0.1) is 0 Å². The molecule has 2 aromatic rings. The van der Waals surface area contributed by atoms with E-state index in [1.165, 1.54) is 0 Å². The highest BCUT2D eigenvalue weighted by Crippen LogP contribution is 2.18. The van der Waals surface area contributed by atoms with Crippen molar-refractivity contribution in [1.82, 2.24) is 5.32 Å². The van der Waals surface area contributed by atoms with Gasteiger partial charge in [0.2, 0.25) is 0 Å². The Morgan fingerprint density at radius 1 is 1.04 bits per heavy atom. The zero-order valence-electron chi connectivity index (χ0n) is 16.8. The molecule has 0 aliphatic rings. The van der Waals surface area contributed by atoms with Gasteiger partial charge in [0.15, 0.2) is 0 Å². The van der Waals surface area contributed by atoms with Gasteiger partial charge in [-0.2, -0.15) is 0 Å². The number of methoxy groups -OCH3 is 1. The Hall–Kier alpha value is -2.86. The molecule has 0 aromatic heterocycles. The van der Waals surface area contributed by atoms with Crippen LogP contribution in [0.4, 0.5) is 5.69 Å². The second-order valence-corrected chi connectivity index (χ2v) is 7.44. The van der Waals surface area contributed by atoms with Crippen LogP contribution >= 0.6 is 0 Å². The fourth-order valence-corrected chi connectivity index (χ4v) is 2.74. The van der Waals surface area contributed by atoms with E-state index in [1.54, 1.807) is 26.2 Å². The highest BCUT2D eigenvalue weighted by molar-refractivity contribution is 6.39. The first kappa shape index (κ1) is 21.4. The number of ether oxygens (including phenoxy) is 1. The molecule has 2 amide bonds. The van der Waals surface area contributed by atoms with E-state index in [-0.39, 0.29) is 6.54 Å². The lowest BCUT2D eigenvalue weighted by molar-refractivity contribution is -0.136. The number of benzene rings is 2. The lowest BCUT2D eigenvalue weighted by atomic mass is 9.96. The predicted molar refractivity (Wildman–Crippen MR) is 109 cm³/mol. The Balaban J connectivity index is 1.85. The molecular formula is C22H28N2O4. The summed E-state index contributed by atoms with van der Waals surface area (Å²) >= 11 is 0. The monoisotopic (exact) mass is 384 g/mol. The smallest absolute Gasteiger partial charge is 0.313 e. The van der Waals surface area contributed by atoms with Crippen LogP contribution in [0.2, 0.25) is 0 Å². The molecule has 0 saturated heterocycles. The van der Waals surface area contributed by atoms with Gasteiger partial charge in [0, 0.05) is 18.7 Å². The molecule has 0 aliphatic heterocycles. The number of carbonyl (C=O) groups is 2. The molecule has 150 valence electrons. The van der Waals surface area contributed by atoms with E-state index >= 15 is 0 Å². The van der Waals surface area contributed by atoms with Crippen molar-refractivity contribution in [3.05, 3.63) is 59.7 Å². The second-order valence-electron chi connectivity index (χ2n) is 7.44. The lowest BCUT2D eigenvalue weighted by Crippen LogP contribution is -2.45. The maximum atomic E-state index is 12.1. The van der Waals surface area contributed by atoms with Crippen LogP contribution in [0.25, 0.3) is 0 Å². The average Bonchev–Trinajstić information content (AvgIpc) is 2.67. The zero-order chi connectivity index (χ0) is 20.7. The minimum absolute atomic E-state index is 0.0441. The topological polar surface area (TPSA) is 87.7 Å². The van der Waals surface area contributed by atoms with E-state index < -0.39 is 17.4 Å². The summed E-state index contributed by atoms with van der Waals surface area (Å²) in [6, 6.07) is 14.7. The third-order valence-electron chi connectivity index (χ3n) is 4.42. The summed E-state index contributed by atoms with van der Waals surface area (Å²) in [5, 5.41) is 15.6. The SMILES string of the molecule is COc1ccc(CC(C)(O)CNC(=O)C(=O)Nc2ccc(C(C)C)cc2)cc1. The van der Waals surface area contributed by atoms with Crippen LogP contribution in [0.15, 0.2) is 48.5 Å². The highest BCUT2D eigenvalue weighted by atomic mass is 16.5. The van der Waals surface area contributed by atoms with Crippen LogP contribution < -0.4 is 15.4 Å².